The average molecular weight is 521 g/mol. The first kappa shape index (κ1) is 30.8. The number of nitrogens with one attached hydrogen (secondary N) is 1. The van der Waals surface area contributed by atoms with Crippen LogP contribution in [0.3, 0.4) is 0 Å². The molecule has 1 saturated carbocycles. The van der Waals surface area contributed by atoms with Crippen LogP contribution in [0.25, 0.3) is 0 Å². The van der Waals surface area contributed by atoms with Gasteiger partial charge < -0.3 is 15.0 Å². The average Bonchev–Trinajstić information content (AvgIpc) is 3.33. The van der Waals surface area contributed by atoms with Gasteiger partial charge in [0, 0.05) is 49.5 Å². The molecule has 1 saturated heterocycles. The van der Waals surface area contributed by atoms with E-state index in [-0.39, 0.29) is 17.9 Å². The van der Waals surface area contributed by atoms with E-state index in [0.29, 0.717) is 31.3 Å². The van der Waals surface area contributed by atoms with Crippen LogP contribution in [0.5, 0.6) is 0 Å². The van der Waals surface area contributed by atoms with E-state index in [1.165, 1.54) is 13.2 Å². The van der Waals surface area contributed by atoms with Crippen molar-refractivity contribution in [1.82, 2.24) is 10.2 Å². The topological polar surface area (TPSA) is 75.7 Å². The Labute approximate surface area is 228 Å². The van der Waals surface area contributed by atoms with Crippen LogP contribution in [0.15, 0.2) is 85.1 Å². The molecule has 0 aromatic carbocycles. The Morgan fingerprint density at radius 1 is 0.737 bits per heavy atom. The highest BCUT2D eigenvalue weighted by atomic mass is 16.5. The summed E-state index contributed by atoms with van der Waals surface area (Å²) in [7, 11) is 1.27. The summed E-state index contributed by atoms with van der Waals surface area (Å²) in [4.78, 5) is 37.3. The third-order valence-electron chi connectivity index (χ3n) is 6.55. The van der Waals surface area contributed by atoms with Gasteiger partial charge in [-0.2, -0.15) is 0 Å². The molecule has 1 aliphatic carbocycles. The molecule has 0 bridgehead atoms. The van der Waals surface area contributed by atoms with Gasteiger partial charge in [-0.1, -0.05) is 79.8 Å². The molecule has 0 aromatic heterocycles. The first-order valence-electron chi connectivity index (χ1n) is 13.8. The molecule has 2 fully saturated rings. The molecule has 6 heteroatoms. The molecule has 2 rings (SSSR count). The third kappa shape index (κ3) is 12.7. The number of likely N-dealkylation sites (tertiary alicyclic amines) is 1. The lowest BCUT2D eigenvalue weighted by Gasteiger charge is -2.19. The van der Waals surface area contributed by atoms with Gasteiger partial charge in [0.1, 0.15) is 0 Å². The Kier molecular flexibility index (Phi) is 15.2. The van der Waals surface area contributed by atoms with Gasteiger partial charge in [0.15, 0.2) is 0 Å². The van der Waals surface area contributed by atoms with Gasteiger partial charge in [-0.15, -0.1) is 0 Å². The van der Waals surface area contributed by atoms with E-state index in [1.54, 1.807) is 0 Å². The number of hydrogen-bond acceptors (Lipinski definition) is 4. The molecular weight excluding hydrogens is 476 g/mol. The second kappa shape index (κ2) is 18.8. The zero-order chi connectivity index (χ0) is 27.4. The highest BCUT2D eigenvalue weighted by Crippen LogP contribution is 2.45. The zero-order valence-electron chi connectivity index (χ0n) is 23.0. The van der Waals surface area contributed by atoms with Crippen molar-refractivity contribution in [2.45, 2.75) is 64.3 Å². The third-order valence-corrected chi connectivity index (χ3v) is 6.55. The number of fused-ring (bicyclic) bond motifs is 1. The van der Waals surface area contributed by atoms with E-state index >= 15 is 0 Å². The summed E-state index contributed by atoms with van der Waals surface area (Å²) < 4.78 is 4.47. The second-order valence-electron chi connectivity index (χ2n) is 9.47. The van der Waals surface area contributed by atoms with E-state index in [1.807, 2.05) is 4.90 Å². The van der Waals surface area contributed by atoms with Crippen molar-refractivity contribution >= 4 is 17.8 Å². The van der Waals surface area contributed by atoms with Crippen LogP contribution in [-0.2, 0) is 19.1 Å². The minimum absolute atomic E-state index is 0.0946. The maximum absolute atomic E-state index is 12.4. The summed E-state index contributed by atoms with van der Waals surface area (Å²) in [6.45, 7) is 3.53. The molecule has 206 valence electrons. The monoisotopic (exact) mass is 520 g/mol. The summed E-state index contributed by atoms with van der Waals surface area (Å²) in [5.74, 6) is -0.0434. The molecule has 2 unspecified atom stereocenters. The van der Waals surface area contributed by atoms with Gasteiger partial charge in [0.2, 0.25) is 11.8 Å². The normalized spacial score (nSPS) is 21.3. The maximum Gasteiger partial charge on any atom is 0.330 e. The van der Waals surface area contributed by atoms with Crippen molar-refractivity contribution in [3.63, 3.8) is 0 Å². The van der Waals surface area contributed by atoms with Crippen molar-refractivity contribution in [3.8, 4) is 0 Å². The number of rotatable bonds is 17. The maximum atomic E-state index is 12.4. The summed E-state index contributed by atoms with van der Waals surface area (Å²) in [5, 5.41) is 2.90. The van der Waals surface area contributed by atoms with Crippen LogP contribution in [-0.4, -0.2) is 48.9 Å². The highest BCUT2D eigenvalue weighted by Gasteiger charge is 2.57. The van der Waals surface area contributed by atoms with E-state index in [0.717, 1.165) is 51.0 Å². The fourth-order valence-electron chi connectivity index (χ4n) is 4.37. The molecule has 2 amide bonds. The first-order valence-corrected chi connectivity index (χ1v) is 13.8. The summed E-state index contributed by atoms with van der Waals surface area (Å²) >= 11 is 0. The van der Waals surface area contributed by atoms with Crippen molar-refractivity contribution in [2.75, 3.05) is 20.2 Å². The number of amides is 2. The number of allylic oxidation sites excluding steroid dienone is 12. The number of ether oxygens (including phenoxy) is 1. The Bertz CT molecular complexity index is 943. The molecule has 1 heterocycles. The van der Waals surface area contributed by atoms with E-state index in [2.05, 4.69) is 89.9 Å². The van der Waals surface area contributed by atoms with Gasteiger partial charge in [0.05, 0.1) is 7.11 Å². The SMILES string of the molecule is CC/C=C\C/C=C\C/C=C\C/C=C\C/C=C\C/C=C\CCC(=O)N1CC2C(C1)C2NC(=O)/C=C/C(=O)OC. The number of esters is 1. The highest BCUT2D eigenvalue weighted by molar-refractivity contribution is 5.94. The first-order chi connectivity index (χ1) is 18.6. The standard InChI is InChI=1S/C32H44N2O4/c1-3-4-5-6-7-8-9-10-11-12-13-14-15-16-17-18-19-20-21-22-30(36)34-25-27-28(26-34)32(27)33-29(35)23-24-31(37)38-2/h4-5,7-8,10-11,13-14,16-17,19-20,23-24,27-28,32H,3,6,9,12,15,18,21-22,25-26H2,1-2H3,(H,33,35)/b5-4-,8-7-,11-10-,14-13-,17-16-,20-19-,24-23+. The predicted octanol–water partition coefficient (Wildman–Crippen LogP) is 5.77. The Hall–Kier alpha value is -3.41. The fourth-order valence-corrected chi connectivity index (χ4v) is 4.37. The largest absolute Gasteiger partial charge is 0.466 e. The minimum Gasteiger partial charge on any atom is -0.466 e. The predicted molar refractivity (Wildman–Crippen MR) is 154 cm³/mol. The number of hydrogen-bond donors (Lipinski definition) is 1. The van der Waals surface area contributed by atoms with Crippen LogP contribution in [0.2, 0.25) is 0 Å². The number of nitrogens with zero attached hydrogens (tertiary/aromatic N) is 1. The lowest BCUT2D eigenvalue weighted by atomic mass is 10.2. The van der Waals surface area contributed by atoms with Gasteiger partial charge in [-0.25, -0.2) is 4.79 Å². The Morgan fingerprint density at radius 2 is 1.21 bits per heavy atom. The van der Waals surface area contributed by atoms with Gasteiger partial charge >= 0.3 is 5.97 Å². The van der Waals surface area contributed by atoms with Crippen molar-refractivity contribution in [2.24, 2.45) is 11.8 Å². The van der Waals surface area contributed by atoms with Crippen LogP contribution >= 0.6 is 0 Å². The lowest BCUT2D eigenvalue weighted by Crippen LogP contribution is -2.36. The minimum atomic E-state index is -0.556. The van der Waals surface area contributed by atoms with E-state index in [4.69, 9.17) is 0 Å². The quantitative estimate of drug-likeness (QED) is 0.150. The van der Waals surface area contributed by atoms with E-state index in [9.17, 15) is 14.4 Å². The van der Waals surface area contributed by atoms with Gasteiger partial charge in [-0.3, -0.25) is 9.59 Å². The smallest absolute Gasteiger partial charge is 0.330 e. The van der Waals surface area contributed by atoms with Crippen LogP contribution in [0.4, 0.5) is 0 Å². The van der Waals surface area contributed by atoms with Crippen LogP contribution in [0.1, 0.15) is 58.3 Å². The van der Waals surface area contributed by atoms with Gasteiger partial charge in [0.25, 0.3) is 0 Å². The molecule has 2 aliphatic rings. The molecule has 1 aliphatic heterocycles. The molecule has 0 spiro atoms. The van der Waals surface area contributed by atoms with Crippen molar-refractivity contribution in [3.05, 3.63) is 85.1 Å². The van der Waals surface area contributed by atoms with Gasteiger partial charge in [-0.05, 0) is 44.9 Å². The zero-order valence-corrected chi connectivity index (χ0v) is 23.0. The molecular formula is C32H44N2O4. The molecule has 6 nitrogen and oxygen atoms in total. The molecule has 38 heavy (non-hydrogen) atoms. The van der Waals surface area contributed by atoms with E-state index < -0.39 is 5.97 Å². The number of methoxy groups -OCH3 is 1. The summed E-state index contributed by atoms with van der Waals surface area (Å²) in [6.07, 6.45) is 35.5. The molecule has 2 atom stereocenters. The van der Waals surface area contributed by atoms with Crippen molar-refractivity contribution < 1.29 is 19.1 Å². The van der Waals surface area contributed by atoms with Crippen molar-refractivity contribution in [1.29, 1.82) is 0 Å². The molecule has 0 radical (unpaired) electrons. The second-order valence-corrected chi connectivity index (χ2v) is 9.47. The number of piperidine rings is 1. The Balaban J connectivity index is 1.46. The summed E-state index contributed by atoms with van der Waals surface area (Å²) in [6, 6.07) is 0.0946. The Morgan fingerprint density at radius 3 is 1.68 bits per heavy atom. The van der Waals surface area contributed by atoms with Crippen LogP contribution < -0.4 is 5.32 Å². The van der Waals surface area contributed by atoms with Crippen LogP contribution in [0, 0.1) is 11.8 Å². The number of carbonyl (C=O) groups is 3. The molecule has 1 N–H and O–H groups in total. The summed E-state index contributed by atoms with van der Waals surface area (Å²) in [5.41, 5.74) is 0. The number of carbonyl (C=O) groups excluding carboxylic acids is 3. The lowest BCUT2D eigenvalue weighted by molar-refractivity contribution is -0.135. The fraction of sp³-hybridized carbons (Fsp3) is 0.469. The molecule has 0 aromatic rings.